The van der Waals surface area contributed by atoms with Gasteiger partial charge in [0.25, 0.3) is 0 Å². The summed E-state index contributed by atoms with van der Waals surface area (Å²) in [5.41, 5.74) is 0. The van der Waals surface area contributed by atoms with Gasteiger partial charge in [-0.2, -0.15) is 0 Å². The Balaban J connectivity index is 1.82. The fourth-order valence-corrected chi connectivity index (χ4v) is 2.36. The predicted molar refractivity (Wildman–Crippen MR) is 96.8 cm³/mol. The van der Waals surface area contributed by atoms with E-state index in [2.05, 4.69) is 36.7 Å². The minimum Gasteiger partial charge on any atom is -0.353 e. The smallest absolute Gasteiger partial charge is 0.157 e. The summed E-state index contributed by atoms with van der Waals surface area (Å²) in [7, 11) is 0. The van der Waals surface area contributed by atoms with E-state index >= 15 is 0 Å². The summed E-state index contributed by atoms with van der Waals surface area (Å²) in [5, 5.41) is 0. The highest BCUT2D eigenvalue weighted by atomic mass is 16.7. The van der Waals surface area contributed by atoms with Crippen LogP contribution < -0.4 is 0 Å². The molecule has 1 aliphatic heterocycles. The van der Waals surface area contributed by atoms with Crippen LogP contribution in [-0.4, -0.2) is 19.5 Å². The zero-order chi connectivity index (χ0) is 16.4. The number of ether oxygens (including phenoxy) is 2. The lowest BCUT2D eigenvalue weighted by Crippen LogP contribution is -2.22. The van der Waals surface area contributed by atoms with Crippen LogP contribution in [0.2, 0.25) is 0 Å². The molecule has 2 heteroatoms. The fraction of sp³-hybridized carbons (Fsp3) is 0.714. The first-order chi connectivity index (χ1) is 11.4. The van der Waals surface area contributed by atoms with E-state index in [1.54, 1.807) is 0 Å². The van der Waals surface area contributed by atoms with E-state index < -0.39 is 0 Å². The molecule has 0 aromatic rings. The van der Waals surface area contributed by atoms with E-state index in [0.29, 0.717) is 0 Å². The molecule has 0 bridgehead atoms. The third kappa shape index (κ3) is 13.0. The van der Waals surface area contributed by atoms with Crippen molar-refractivity contribution in [1.29, 1.82) is 0 Å². The van der Waals surface area contributed by atoms with Crippen molar-refractivity contribution in [3.05, 3.63) is 12.2 Å². The molecule has 0 radical (unpaired) electrons. The van der Waals surface area contributed by atoms with Gasteiger partial charge in [0, 0.05) is 32.5 Å². The van der Waals surface area contributed by atoms with Gasteiger partial charge in [-0.15, -0.1) is 11.8 Å². The van der Waals surface area contributed by atoms with Crippen molar-refractivity contribution in [2.75, 3.05) is 13.2 Å². The molecule has 0 saturated carbocycles. The van der Waals surface area contributed by atoms with E-state index in [4.69, 9.17) is 9.47 Å². The average Bonchev–Trinajstić information content (AvgIpc) is 2.59. The first kappa shape index (κ1) is 19.8. The van der Waals surface area contributed by atoms with Crippen LogP contribution in [0.4, 0.5) is 0 Å². The van der Waals surface area contributed by atoms with Gasteiger partial charge in [-0.05, 0) is 44.6 Å². The molecule has 128 valence electrons. The summed E-state index contributed by atoms with van der Waals surface area (Å²) in [4.78, 5) is 0. The van der Waals surface area contributed by atoms with Crippen LogP contribution in [0.15, 0.2) is 12.2 Å². The Morgan fingerprint density at radius 2 is 1.91 bits per heavy atom. The van der Waals surface area contributed by atoms with Gasteiger partial charge in [0.15, 0.2) is 6.29 Å². The molecule has 1 saturated heterocycles. The normalized spacial score (nSPS) is 17.3. The number of hydrogen-bond donors (Lipinski definition) is 0. The Hall–Kier alpha value is -1.22. The Bertz CT molecular complexity index is 411. The number of allylic oxidation sites excluding steroid dienone is 2. The summed E-state index contributed by atoms with van der Waals surface area (Å²) >= 11 is 0. The lowest BCUT2D eigenvalue weighted by Gasteiger charge is -2.22. The first-order valence-electron chi connectivity index (χ1n) is 9.26. The molecule has 23 heavy (non-hydrogen) atoms. The topological polar surface area (TPSA) is 18.5 Å². The Morgan fingerprint density at radius 3 is 2.74 bits per heavy atom. The molecule has 0 N–H and O–H groups in total. The maximum absolute atomic E-state index is 5.72. The third-order valence-electron chi connectivity index (χ3n) is 3.68. The monoisotopic (exact) mass is 316 g/mol. The summed E-state index contributed by atoms with van der Waals surface area (Å²) in [6.07, 6.45) is 16.3. The van der Waals surface area contributed by atoms with Crippen molar-refractivity contribution >= 4 is 0 Å². The predicted octanol–water partition coefficient (Wildman–Crippen LogP) is 5.23. The molecular formula is C21H32O2. The molecule has 2 nitrogen and oxygen atoms in total. The SMILES string of the molecule is CCC#C/C=C\CCC#CCCCCCCOC1CCCCO1. The third-order valence-corrected chi connectivity index (χ3v) is 3.68. The van der Waals surface area contributed by atoms with Gasteiger partial charge in [0.2, 0.25) is 0 Å². The van der Waals surface area contributed by atoms with Crippen LogP contribution in [0.25, 0.3) is 0 Å². The highest BCUT2D eigenvalue weighted by molar-refractivity contribution is 5.15. The van der Waals surface area contributed by atoms with Crippen molar-refractivity contribution < 1.29 is 9.47 Å². The molecule has 1 atom stereocenters. The molecule has 0 aromatic heterocycles. The van der Waals surface area contributed by atoms with Gasteiger partial charge in [0.1, 0.15) is 0 Å². The minimum absolute atomic E-state index is 0.0663. The zero-order valence-electron chi connectivity index (χ0n) is 14.7. The summed E-state index contributed by atoms with van der Waals surface area (Å²) < 4.78 is 11.3. The minimum atomic E-state index is 0.0663. The molecule has 1 aliphatic rings. The van der Waals surface area contributed by atoms with Crippen molar-refractivity contribution in [1.82, 2.24) is 0 Å². The number of hydrogen-bond acceptors (Lipinski definition) is 2. The van der Waals surface area contributed by atoms with E-state index in [1.807, 2.05) is 6.08 Å². The zero-order valence-corrected chi connectivity index (χ0v) is 14.7. The van der Waals surface area contributed by atoms with Gasteiger partial charge < -0.3 is 9.47 Å². The number of rotatable bonds is 9. The molecule has 1 rings (SSSR count). The second kappa shape index (κ2) is 15.7. The van der Waals surface area contributed by atoms with Crippen molar-refractivity contribution in [3.8, 4) is 23.7 Å². The van der Waals surface area contributed by atoms with Crippen LogP contribution >= 0.6 is 0 Å². The van der Waals surface area contributed by atoms with Crippen molar-refractivity contribution in [2.45, 2.75) is 83.8 Å². The van der Waals surface area contributed by atoms with Crippen molar-refractivity contribution in [3.63, 3.8) is 0 Å². The highest BCUT2D eigenvalue weighted by Gasteiger charge is 2.12. The van der Waals surface area contributed by atoms with Crippen LogP contribution in [0.3, 0.4) is 0 Å². The van der Waals surface area contributed by atoms with Crippen LogP contribution in [0.1, 0.15) is 77.6 Å². The van der Waals surface area contributed by atoms with E-state index in [9.17, 15) is 0 Å². The van der Waals surface area contributed by atoms with E-state index in [0.717, 1.165) is 51.7 Å². The van der Waals surface area contributed by atoms with Gasteiger partial charge in [-0.25, -0.2) is 0 Å². The van der Waals surface area contributed by atoms with Crippen LogP contribution in [-0.2, 0) is 9.47 Å². The van der Waals surface area contributed by atoms with Gasteiger partial charge >= 0.3 is 0 Å². The van der Waals surface area contributed by atoms with Gasteiger partial charge in [-0.3, -0.25) is 0 Å². The molecular weight excluding hydrogens is 284 g/mol. The van der Waals surface area contributed by atoms with Gasteiger partial charge in [-0.1, -0.05) is 37.7 Å². The standard InChI is InChI=1S/C21H32O2/c1-2-3-4-5-6-7-8-9-10-11-12-13-14-16-19-22-21-18-15-17-20-23-21/h5-6,21H,2,7-8,11-20H2,1H3/b6-5-. The summed E-state index contributed by atoms with van der Waals surface area (Å²) in [5.74, 6) is 12.5. The quantitative estimate of drug-likeness (QED) is 0.428. The largest absolute Gasteiger partial charge is 0.353 e. The Morgan fingerprint density at radius 1 is 1.04 bits per heavy atom. The van der Waals surface area contributed by atoms with E-state index in [1.165, 1.54) is 32.1 Å². The summed E-state index contributed by atoms with van der Waals surface area (Å²) in [6.45, 7) is 3.76. The lowest BCUT2D eigenvalue weighted by molar-refractivity contribution is -0.162. The average molecular weight is 316 g/mol. The van der Waals surface area contributed by atoms with Gasteiger partial charge in [0.05, 0.1) is 0 Å². The maximum atomic E-state index is 5.72. The molecule has 0 amide bonds. The van der Waals surface area contributed by atoms with Crippen LogP contribution in [0, 0.1) is 23.7 Å². The highest BCUT2D eigenvalue weighted by Crippen LogP contribution is 2.14. The first-order valence-corrected chi connectivity index (χ1v) is 9.26. The van der Waals surface area contributed by atoms with Crippen molar-refractivity contribution in [2.24, 2.45) is 0 Å². The fourth-order valence-electron chi connectivity index (χ4n) is 2.36. The molecule has 0 aromatic carbocycles. The number of unbranched alkanes of at least 4 members (excludes halogenated alkanes) is 5. The Kier molecular flexibility index (Phi) is 13.5. The summed E-state index contributed by atoms with van der Waals surface area (Å²) in [6, 6.07) is 0. The molecule has 1 fully saturated rings. The molecule has 1 heterocycles. The molecule has 0 spiro atoms. The maximum Gasteiger partial charge on any atom is 0.157 e. The second-order valence-electron chi connectivity index (χ2n) is 5.80. The lowest BCUT2D eigenvalue weighted by atomic mass is 10.1. The van der Waals surface area contributed by atoms with E-state index in [-0.39, 0.29) is 6.29 Å². The molecule has 1 unspecified atom stereocenters. The Labute approximate surface area is 143 Å². The molecule has 0 aliphatic carbocycles. The second-order valence-corrected chi connectivity index (χ2v) is 5.80. The van der Waals surface area contributed by atoms with Crippen LogP contribution in [0.5, 0.6) is 0 Å².